The van der Waals surface area contributed by atoms with Crippen LogP contribution in [0.4, 0.5) is 5.69 Å². The molecule has 1 saturated heterocycles. The molecule has 3 rings (SSSR count). The Kier molecular flexibility index (Phi) is 3.22. The van der Waals surface area contributed by atoms with E-state index in [1.165, 1.54) is 4.90 Å². The second-order valence-corrected chi connectivity index (χ2v) is 5.01. The van der Waals surface area contributed by atoms with Gasteiger partial charge in [0.25, 0.3) is 5.91 Å². The first-order chi connectivity index (χ1) is 9.66. The summed E-state index contributed by atoms with van der Waals surface area (Å²) in [5.41, 5.74) is 0.854. The third kappa shape index (κ3) is 2.17. The molecule has 1 unspecified atom stereocenters. The lowest BCUT2D eigenvalue weighted by Crippen LogP contribution is -2.50. The number of aliphatic carboxylic acids is 1. The van der Waals surface area contributed by atoms with Crippen LogP contribution in [0, 0.1) is 0 Å². The fourth-order valence-electron chi connectivity index (χ4n) is 2.72. The van der Waals surface area contributed by atoms with E-state index < -0.39 is 18.1 Å². The lowest BCUT2D eigenvalue weighted by Gasteiger charge is -2.31. The SMILES string of the molecule is O=C(O)[C@@H]1CCCN1C(=O)C1CNc2ccccc2O1. The zero-order chi connectivity index (χ0) is 14.1. The second-order valence-electron chi connectivity index (χ2n) is 5.01. The average Bonchev–Trinajstić information content (AvgIpc) is 2.95. The van der Waals surface area contributed by atoms with Crippen LogP contribution in [0.2, 0.25) is 0 Å². The molecular weight excluding hydrogens is 260 g/mol. The van der Waals surface area contributed by atoms with E-state index in [1.807, 2.05) is 18.2 Å². The zero-order valence-electron chi connectivity index (χ0n) is 10.9. The van der Waals surface area contributed by atoms with Crippen molar-refractivity contribution in [1.29, 1.82) is 0 Å². The van der Waals surface area contributed by atoms with Crippen LogP contribution in [0.25, 0.3) is 0 Å². The Morgan fingerprint density at radius 3 is 2.95 bits per heavy atom. The smallest absolute Gasteiger partial charge is 0.326 e. The first kappa shape index (κ1) is 12.8. The van der Waals surface area contributed by atoms with Crippen molar-refractivity contribution in [3.63, 3.8) is 0 Å². The number of amides is 1. The molecule has 0 radical (unpaired) electrons. The number of carbonyl (C=O) groups is 2. The molecule has 20 heavy (non-hydrogen) atoms. The molecule has 2 N–H and O–H groups in total. The summed E-state index contributed by atoms with van der Waals surface area (Å²) in [6.07, 6.45) is 0.571. The van der Waals surface area contributed by atoms with Crippen LogP contribution in [0.3, 0.4) is 0 Å². The van der Waals surface area contributed by atoms with Gasteiger partial charge >= 0.3 is 5.97 Å². The number of carboxylic acid groups (broad SMARTS) is 1. The van der Waals surface area contributed by atoms with E-state index in [1.54, 1.807) is 6.07 Å². The number of carbonyl (C=O) groups excluding carboxylic acids is 1. The second kappa shape index (κ2) is 5.03. The fraction of sp³-hybridized carbons (Fsp3) is 0.429. The maximum Gasteiger partial charge on any atom is 0.326 e. The molecule has 0 saturated carbocycles. The summed E-state index contributed by atoms with van der Waals surface area (Å²) in [5, 5.41) is 12.3. The van der Waals surface area contributed by atoms with Gasteiger partial charge in [-0.25, -0.2) is 4.79 Å². The van der Waals surface area contributed by atoms with Crippen molar-refractivity contribution in [3.05, 3.63) is 24.3 Å². The van der Waals surface area contributed by atoms with E-state index in [-0.39, 0.29) is 5.91 Å². The lowest BCUT2D eigenvalue weighted by atomic mass is 10.2. The maximum atomic E-state index is 12.4. The van der Waals surface area contributed by atoms with Gasteiger partial charge < -0.3 is 20.1 Å². The summed E-state index contributed by atoms with van der Waals surface area (Å²) in [7, 11) is 0. The monoisotopic (exact) mass is 276 g/mol. The topological polar surface area (TPSA) is 78.9 Å². The number of hydrogen-bond donors (Lipinski definition) is 2. The Labute approximate surface area is 116 Å². The number of benzene rings is 1. The van der Waals surface area contributed by atoms with Crippen molar-refractivity contribution in [3.8, 4) is 5.75 Å². The number of carboxylic acids is 1. The number of hydrogen-bond acceptors (Lipinski definition) is 4. The van der Waals surface area contributed by atoms with Crippen LogP contribution < -0.4 is 10.1 Å². The van der Waals surface area contributed by atoms with Gasteiger partial charge in [-0.15, -0.1) is 0 Å². The Morgan fingerprint density at radius 1 is 1.35 bits per heavy atom. The van der Waals surface area contributed by atoms with Gasteiger partial charge in [-0.05, 0) is 25.0 Å². The Morgan fingerprint density at radius 2 is 2.15 bits per heavy atom. The highest BCUT2D eigenvalue weighted by molar-refractivity contribution is 5.88. The van der Waals surface area contributed by atoms with Crippen LogP contribution in [0.15, 0.2) is 24.3 Å². The summed E-state index contributed by atoms with van der Waals surface area (Å²) >= 11 is 0. The minimum Gasteiger partial charge on any atom is -0.480 e. The molecule has 106 valence electrons. The molecule has 1 aromatic rings. The number of para-hydroxylation sites is 2. The number of rotatable bonds is 2. The molecule has 1 fully saturated rings. The molecule has 6 nitrogen and oxygen atoms in total. The Hall–Kier alpha value is -2.24. The third-order valence-electron chi connectivity index (χ3n) is 3.73. The van der Waals surface area contributed by atoms with E-state index in [0.29, 0.717) is 25.3 Å². The largest absolute Gasteiger partial charge is 0.480 e. The number of anilines is 1. The van der Waals surface area contributed by atoms with E-state index in [0.717, 1.165) is 12.1 Å². The van der Waals surface area contributed by atoms with E-state index >= 15 is 0 Å². The summed E-state index contributed by atoms with van der Waals surface area (Å²) in [4.78, 5) is 25.0. The molecule has 1 aromatic carbocycles. The highest BCUT2D eigenvalue weighted by Crippen LogP contribution is 2.29. The Bertz CT molecular complexity index is 546. The normalized spacial score (nSPS) is 24.5. The van der Waals surface area contributed by atoms with Crippen LogP contribution in [-0.4, -0.2) is 47.1 Å². The Balaban J connectivity index is 1.74. The van der Waals surface area contributed by atoms with Gasteiger partial charge in [0.15, 0.2) is 6.10 Å². The number of likely N-dealkylation sites (tertiary alicyclic amines) is 1. The van der Waals surface area contributed by atoms with Gasteiger partial charge in [0.1, 0.15) is 11.8 Å². The molecule has 0 spiro atoms. The lowest BCUT2D eigenvalue weighted by molar-refractivity contribution is -0.151. The minimum atomic E-state index is -0.944. The first-order valence-corrected chi connectivity index (χ1v) is 6.69. The fourth-order valence-corrected chi connectivity index (χ4v) is 2.72. The summed E-state index contributed by atoms with van der Waals surface area (Å²) in [6, 6.07) is 6.68. The third-order valence-corrected chi connectivity index (χ3v) is 3.73. The summed E-state index contributed by atoms with van der Waals surface area (Å²) in [6.45, 7) is 0.843. The van der Waals surface area contributed by atoms with Gasteiger partial charge in [-0.2, -0.15) is 0 Å². The van der Waals surface area contributed by atoms with Crippen molar-refractivity contribution < 1.29 is 19.4 Å². The number of fused-ring (bicyclic) bond motifs is 1. The molecule has 2 aliphatic rings. The number of ether oxygens (including phenoxy) is 1. The van der Waals surface area contributed by atoms with Gasteiger partial charge in [0.2, 0.25) is 0 Å². The molecule has 0 aromatic heterocycles. The maximum absolute atomic E-state index is 12.4. The van der Waals surface area contributed by atoms with Crippen molar-refractivity contribution in [2.45, 2.75) is 25.0 Å². The standard InChI is InChI=1S/C14H16N2O4/c17-13(16-7-3-5-10(16)14(18)19)12-8-15-9-4-1-2-6-11(9)20-12/h1-2,4,6,10,12,15H,3,5,7-8H2,(H,18,19)/t10-,12?/m0/s1. The quantitative estimate of drug-likeness (QED) is 0.840. The first-order valence-electron chi connectivity index (χ1n) is 6.69. The van der Waals surface area contributed by atoms with Gasteiger partial charge in [0.05, 0.1) is 12.2 Å². The highest BCUT2D eigenvalue weighted by Gasteiger charge is 2.38. The van der Waals surface area contributed by atoms with Gasteiger partial charge in [-0.1, -0.05) is 12.1 Å². The molecule has 2 heterocycles. The molecule has 1 amide bonds. The molecule has 2 atom stereocenters. The van der Waals surface area contributed by atoms with Crippen molar-refractivity contribution in [2.75, 3.05) is 18.4 Å². The van der Waals surface area contributed by atoms with E-state index in [4.69, 9.17) is 9.84 Å². The number of nitrogens with zero attached hydrogens (tertiary/aromatic N) is 1. The minimum absolute atomic E-state index is 0.253. The van der Waals surface area contributed by atoms with Crippen LogP contribution in [0.5, 0.6) is 5.75 Å². The van der Waals surface area contributed by atoms with Crippen LogP contribution >= 0.6 is 0 Å². The molecule has 6 heteroatoms. The summed E-state index contributed by atoms with van der Waals surface area (Å²) in [5.74, 6) is -0.569. The number of nitrogens with one attached hydrogen (secondary N) is 1. The molecular formula is C14H16N2O4. The molecule has 0 aliphatic carbocycles. The molecule has 2 aliphatic heterocycles. The highest BCUT2D eigenvalue weighted by atomic mass is 16.5. The van der Waals surface area contributed by atoms with Crippen molar-refractivity contribution >= 4 is 17.6 Å². The van der Waals surface area contributed by atoms with E-state index in [9.17, 15) is 9.59 Å². The summed E-state index contributed by atoms with van der Waals surface area (Å²) < 4.78 is 5.69. The predicted molar refractivity (Wildman–Crippen MR) is 71.7 cm³/mol. The molecule has 0 bridgehead atoms. The zero-order valence-corrected chi connectivity index (χ0v) is 10.9. The van der Waals surface area contributed by atoms with Crippen molar-refractivity contribution in [1.82, 2.24) is 4.90 Å². The van der Waals surface area contributed by atoms with Crippen molar-refractivity contribution in [2.24, 2.45) is 0 Å². The van der Waals surface area contributed by atoms with Gasteiger partial charge in [0, 0.05) is 6.54 Å². The van der Waals surface area contributed by atoms with E-state index in [2.05, 4.69) is 5.32 Å². The predicted octanol–water partition coefficient (Wildman–Crippen LogP) is 0.935. The van der Waals surface area contributed by atoms with Crippen LogP contribution in [-0.2, 0) is 9.59 Å². The van der Waals surface area contributed by atoms with Crippen LogP contribution in [0.1, 0.15) is 12.8 Å². The average molecular weight is 276 g/mol. The van der Waals surface area contributed by atoms with Gasteiger partial charge in [-0.3, -0.25) is 4.79 Å².